The van der Waals surface area contributed by atoms with E-state index in [1.165, 1.54) is 51.9 Å². The first-order chi connectivity index (χ1) is 12.7. The van der Waals surface area contributed by atoms with E-state index in [2.05, 4.69) is 12.2 Å². The average Bonchev–Trinajstić information content (AvgIpc) is 2.55. The molecule has 0 rings (SSSR count). The van der Waals surface area contributed by atoms with Crippen molar-refractivity contribution in [2.45, 2.75) is 96.0 Å². The van der Waals surface area contributed by atoms with Crippen LogP contribution in [0.25, 0.3) is 0 Å². The second-order valence-corrected chi connectivity index (χ2v) is 8.52. The van der Waals surface area contributed by atoms with Crippen molar-refractivity contribution in [3.05, 3.63) is 0 Å². The van der Waals surface area contributed by atoms with E-state index in [-0.39, 0.29) is 59.1 Å². The van der Waals surface area contributed by atoms with Gasteiger partial charge in [0.15, 0.2) is 5.25 Å². The Hall–Kier alpha value is 0.810. The zero-order chi connectivity index (χ0) is 20.7. The molecular formula is C18H38N2Na2O6S. The van der Waals surface area contributed by atoms with E-state index >= 15 is 0 Å². The van der Waals surface area contributed by atoms with Gasteiger partial charge in [0.2, 0.25) is 11.8 Å². The van der Waals surface area contributed by atoms with Crippen molar-refractivity contribution in [3.63, 3.8) is 0 Å². The molecular weight excluding hydrogens is 418 g/mol. The molecule has 0 aliphatic heterocycles. The number of hydrogen-bond donors (Lipinski definition) is 4. The first kappa shape index (κ1) is 34.4. The standard InChI is InChI=1S/C18H36N2O6S.2Na.2H/c1-3-4-5-6-7-8-9-10-11-12-13-19-17(22)14-16(27(24,25)26)18(23)20-15(2)21;;;;/h15-16,21H,3-14H2,1-2H3,(H,19,22)(H,20,23)(H,24,25,26);;;;. The molecule has 11 heteroatoms. The van der Waals surface area contributed by atoms with Crippen molar-refractivity contribution < 1.29 is 27.7 Å². The average molecular weight is 457 g/mol. The Morgan fingerprint density at radius 2 is 1.34 bits per heavy atom. The number of hydrogen-bond acceptors (Lipinski definition) is 5. The van der Waals surface area contributed by atoms with Crippen molar-refractivity contribution in [2.24, 2.45) is 0 Å². The Labute approximate surface area is 220 Å². The summed E-state index contributed by atoms with van der Waals surface area (Å²) >= 11 is 0. The van der Waals surface area contributed by atoms with Gasteiger partial charge in [0, 0.05) is 6.54 Å². The Bertz CT molecular complexity index is 532. The molecule has 0 aromatic carbocycles. The summed E-state index contributed by atoms with van der Waals surface area (Å²) in [7, 11) is -4.74. The summed E-state index contributed by atoms with van der Waals surface area (Å²) in [4.78, 5) is 23.5. The number of carbonyl (C=O) groups is 2. The van der Waals surface area contributed by atoms with Crippen LogP contribution in [0.2, 0.25) is 0 Å². The van der Waals surface area contributed by atoms with Crippen LogP contribution in [0.4, 0.5) is 0 Å². The Kier molecular flexibility index (Phi) is 24.6. The predicted octanol–water partition coefficient (Wildman–Crippen LogP) is 0.828. The minimum atomic E-state index is -4.74. The van der Waals surface area contributed by atoms with Crippen molar-refractivity contribution in [2.75, 3.05) is 6.54 Å². The molecule has 2 unspecified atom stereocenters. The van der Waals surface area contributed by atoms with Gasteiger partial charge in [0.25, 0.3) is 10.1 Å². The second-order valence-electron chi connectivity index (χ2n) is 6.92. The van der Waals surface area contributed by atoms with Gasteiger partial charge in [0.05, 0.1) is 6.42 Å². The van der Waals surface area contributed by atoms with Gasteiger partial charge in [-0.1, -0.05) is 64.7 Å². The molecule has 2 amide bonds. The maximum absolute atomic E-state index is 11.8. The molecule has 0 radical (unpaired) electrons. The number of aliphatic hydroxyl groups is 1. The fourth-order valence-corrected chi connectivity index (χ4v) is 3.41. The topological polar surface area (TPSA) is 133 Å². The Morgan fingerprint density at radius 3 is 1.76 bits per heavy atom. The van der Waals surface area contributed by atoms with E-state index in [9.17, 15) is 18.0 Å². The first-order valence-corrected chi connectivity index (χ1v) is 11.4. The van der Waals surface area contributed by atoms with Crippen molar-refractivity contribution in [1.29, 1.82) is 0 Å². The monoisotopic (exact) mass is 456 g/mol. The molecule has 0 aromatic heterocycles. The van der Waals surface area contributed by atoms with Crippen LogP contribution in [-0.2, 0) is 19.7 Å². The van der Waals surface area contributed by atoms with Crippen LogP contribution in [0.15, 0.2) is 0 Å². The molecule has 2 atom stereocenters. The summed E-state index contributed by atoms with van der Waals surface area (Å²) in [6.07, 6.45) is 9.69. The van der Waals surface area contributed by atoms with Gasteiger partial charge < -0.3 is 15.7 Å². The third-order valence-corrected chi connectivity index (χ3v) is 5.33. The van der Waals surface area contributed by atoms with E-state index in [1.807, 2.05) is 5.32 Å². The molecule has 0 aromatic rings. The Morgan fingerprint density at radius 1 is 0.897 bits per heavy atom. The maximum atomic E-state index is 11.8. The number of nitrogens with one attached hydrogen (secondary N) is 2. The Balaban J connectivity index is -0.00000338. The molecule has 0 heterocycles. The number of unbranched alkanes of at least 4 members (excludes halogenated alkanes) is 9. The zero-order valence-electron chi connectivity index (χ0n) is 16.6. The van der Waals surface area contributed by atoms with Crippen LogP contribution >= 0.6 is 0 Å². The molecule has 4 N–H and O–H groups in total. The van der Waals surface area contributed by atoms with Crippen LogP contribution in [0, 0.1) is 0 Å². The summed E-state index contributed by atoms with van der Waals surface area (Å²) < 4.78 is 31.7. The van der Waals surface area contributed by atoms with E-state index < -0.39 is 39.8 Å². The minimum absolute atomic E-state index is 0. The van der Waals surface area contributed by atoms with Crippen molar-refractivity contribution in [3.8, 4) is 0 Å². The predicted molar refractivity (Wildman–Crippen MR) is 119 cm³/mol. The molecule has 0 saturated carbocycles. The van der Waals surface area contributed by atoms with Crippen LogP contribution < -0.4 is 10.6 Å². The fraction of sp³-hybridized carbons (Fsp3) is 0.889. The number of aliphatic hydroxyl groups excluding tert-OH is 1. The van der Waals surface area contributed by atoms with Gasteiger partial charge >= 0.3 is 59.1 Å². The van der Waals surface area contributed by atoms with Gasteiger partial charge in [-0.2, -0.15) is 8.42 Å². The van der Waals surface area contributed by atoms with E-state index in [0.717, 1.165) is 19.3 Å². The van der Waals surface area contributed by atoms with E-state index in [1.54, 1.807) is 0 Å². The number of carbonyl (C=O) groups excluding carboxylic acids is 2. The van der Waals surface area contributed by atoms with Gasteiger partial charge in [-0.05, 0) is 13.3 Å². The fourth-order valence-electron chi connectivity index (χ4n) is 2.71. The van der Waals surface area contributed by atoms with Gasteiger partial charge in [-0.15, -0.1) is 0 Å². The second kappa shape index (κ2) is 20.7. The number of rotatable bonds is 16. The van der Waals surface area contributed by atoms with Crippen LogP contribution in [-0.4, -0.2) is 107 Å². The van der Waals surface area contributed by atoms with Gasteiger partial charge in [-0.25, -0.2) is 0 Å². The number of amides is 2. The summed E-state index contributed by atoms with van der Waals surface area (Å²) in [5, 5.41) is 11.7. The summed E-state index contributed by atoms with van der Waals surface area (Å²) in [5.74, 6) is -1.74. The molecule has 0 spiro atoms. The van der Waals surface area contributed by atoms with Crippen LogP contribution in [0.5, 0.6) is 0 Å². The zero-order valence-corrected chi connectivity index (χ0v) is 17.4. The molecule has 0 aliphatic carbocycles. The van der Waals surface area contributed by atoms with E-state index in [0.29, 0.717) is 6.54 Å². The summed E-state index contributed by atoms with van der Waals surface area (Å²) in [5.41, 5.74) is 0. The molecule has 0 fully saturated rings. The molecule has 0 aliphatic rings. The van der Waals surface area contributed by atoms with E-state index in [4.69, 9.17) is 9.66 Å². The van der Waals surface area contributed by atoms with Crippen LogP contribution in [0.1, 0.15) is 84.5 Å². The molecule has 0 bridgehead atoms. The molecule has 29 heavy (non-hydrogen) atoms. The van der Waals surface area contributed by atoms with Gasteiger partial charge in [0.1, 0.15) is 6.23 Å². The third-order valence-electron chi connectivity index (χ3n) is 4.23. The molecule has 0 saturated heterocycles. The van der Waals surface area contributed by atoms with Gasteiger partial charge in [-0.3, -0.25) is 14.1 Å². The third kappa shape index (κ3) is 20.5. The summed E-state index contributed by atoms with van der Waals surface area (Å²) in [6, 6.07) is 0. The summed E-state index contributed by atoms with van der Waals surface area (Å²) in [6.45, 7) is 3.82. The normalized spacial score (nSPS) is 12.8. The van der Waals surface area contributed by atoms with Crippen LogP contribution in [0.3, 0.4) is 0 Å². The van der Waals surface area contributed by atoms with Crippen molar-refractivity contribution in [1.82, 2.24) is 10.6 Å². The quantitative estimate of drug-likeness (QED) is 0.118. The first-order valence-electron chi connectivity index (χ1n) is 9.90. The molecule has 164 valence electrons. The van der Waals surface area contributed by atoms with Crippen molar-refractivity contribution >= 4 is 81.0 Å². The SMILES string of the molecule is CCCCCCCCCCCCNC(=O)CC(C(=O)NC(C)O)S(=O)(=O)O.[NaH].[NaH]. The molecule has 8 nitrogen and oxygen atoms in total.